The number of alkyl halides is 3. The Morgan fingerprint density at radius 3 is 2.48 bits per heavy atom. The van der Waals surface area contributed by atoms with Crippen molar-refractivity contribution in [1.82, 2.24) is 4.90 Å². The molecule has 10 heteroatoms. The van der Waals surface area contributed by atoms with Gasteiger partial charge in [-0.1, -0.05) is 0 Å². The minimum atomic E-state index is -4.63. The van der Waals surface area contributed by atoms with Gasteiger partial charge in [-0.2, -0.15) is 13.2 Å². The number of nitrogens with zero attached hydrogens (tertiary/aromatic N) is 2. The van der Waals surface area contributed by atoms with Crippen LogP contribution in [0.15, 0.2) is 18.2 Å². The minimum absolute atomic E-state index is 0.0657. The number of ether oxygens (including phenoxy) is 1. The molecule has 6 nitrogen and oxygen atoms in total. The van der Waals surface area contributed by atoms with Crippen molar-refractivity contribution in [2.45, 2.75) is 18.6 Å². The highest BCUT2D eigenvalue weighted by molar-refractivity contribution is 14.1. The second kappa shape index (κ2) is 4.82. The molecule has 0 N–H and O–H groups in total. The predicted molar refractivity (Wildman–Crippen MR) is 78.6 cm³/mol. The van der Waals surface area contributed by atoms with Crippen molar-refractivity contribution in [1.29, 1.82) is 0 Å². The summed E-state index contributed by atoms with van der Waals surface area (Å²) in [7, 11) is 0. The lowest BCUT2D eigenvalue weighted by Gasteiger charge is -2.18. The molecule has 3 rings (SSSR count). The van der Waals surface area contributed by atoms with E-state index in [0.29, 0.717) is 15.9 Å². The van der Waals surface area contributed by atoms with Gasteiger partial charge in [-0.3, -0.25) is 4.79 Å². The number of carbonyl (C=O) groups is 3. The van der Waals surface area contributed by atoms with Crippen molar-refractivity contribution in [2.75, 3.05) is 11.5 Å². The lowest BCUT2D eigenvalue weighted by atomic mass is 10.0. The minimum Gasteiger partial charge on any atom is -0.446 e. The summed E-state index contributed by atoms with van der Waals surface area (Å²) < 4.78 is 43.6. The highest BCUT2D eigenvalue weighted by Crippen LogP contribution is 2.40. The molecule has 122 valence electrons. The summed E-state index contributed by atoms with van der Waals surface area (Å²) >= 11 is 1.52. The molecule has 1 aromatic carbocycles. The van der Waals surface area contributed by atoms with E-state index in [1.54, 1.807) is 0 Å². The van der Waals surface area contributed by atoms with Gasteiger partial charge >= 0.3 is 18.3 Å². The second-order valence-corrected chi connectivity index (χ2v) is 6.41. The molecule has 0 aliphatic carbocycles. The van der Waals surface area contributed by atoms with Crippen molar-refractivity contribution in [3.8, 4) is 0 Å². The third kappa shape index (κ3) is 2.18. The van der Waals surface area contributed by atoms with Crippen LogP contribution >= 0.6 is 22.6 Å². The summed E-state index contributed by atoms with van der Waals surface area (Å²) in [6.45, 7) is 0.999. The molecule has 0 saturated carbocycles. The SMILES string of the molecule is CC12COC(=O)N1C(=O)N(c1ccc(I)c(C(F)(F)F)c1)C2=O. The van der Waals surface area contributed by atoms with E-state index in [2.05, 4.69) is 4.74 Å². The first-order valence-corrected chi connectivity index (χ1v) is 7.37. The van der Waals surface area contributed by atoms with Gasteiger partial charge in [-0.25, -0.2) is 19.4 Å². The van der Waals surface area contributed by atoms with Gasteiger partial charge in [0.2, 0.25) is 0 Å². The van der Waals surface area contributed by atoms with Gasteiger partial charge in [-0.15, -0.1) is 0 Å². The van der Waals surface area contributed by atoms with Crippen LogP contribution in [0, 0.1) is 3.57 Å². The number of fused-ring (bicyclic) bond motifs is 1. The van der Waals surface area contributed by atoms with Gasteiger partial charge in [0.1, 0.15) is 6.61 Å². The van der Waals surface area contributed by atoms with E-state index in [-0.39, 0.29) is 15.9 Å². The summed E-state index contributed by atoms with van der Waals surface area (Å²) in [4.78, 5) is 37.6. The largest absolute Gasteiger partial charge is 0.446 e. The second-order valence-electron chi connectivity index (χ2n) is 5.25. The number of carbonyl (C=O) groups excluding carboxylic acids is 3. The number of hydrogen-bond acceptors (Lipinski definition) is 4. The third-order valence-corrected chi connectivity index (χ3v) is 4.65. The fraction of sp³-hybridized carbons (Fsp3) is 0.308. The molecule has 2 heterocycles. The number of imide groups is 2. The zero-order valence-electron chi connectivity index (χ0n) is 11.5. The molecule has 23 heavy (non-hydrogen) atoms. The van der Waals surface area contributed by atoms with Crippen molar-refractivity contribution >= 4 is 46.3 Å². The molecule has 1 atom stereocenters. The van der Waals surface area contributed by atoms with Crippen LogP contribution in [-0.4, -0.2) is 35.1 Å². The van der Waals surface area contributed by atoms with Gasteiger partial charge in [0, 0.05) is 3.57 Å². The normalized spacial score (nSPS) is 24.3. The van der Waals surface area contributed by atoms with Crippen molar-refractivity contribution in [3.63, 3.8) is 0 Å². The highest BCUT2D eigenvalue weighted by atomic mass is 127. The Morgan fingerprint density at radius 1 is 1.26 bits per heavy atom. The van der Waals surface area contributed by atoms with E-state index in [0.717, 1.165) is 6.07 Å². The van der Waals surface area contributed by atoms with Crippen molar-refractivity contribution < 1.29 is 32.3 Å². The lowest BCUT2D eigenvalue weighted by molar-refractivity contribution is -0.138. The van der Waals surface area contributed by atoms with E-state index in [9.17, 15) is 27.6 Å². The average Bonchev–Trinajstić information content (AvgIpc) is 2.85. The topological polar surface area (TPSA) is 66.9 Å². The van der Waals surface area contributed by atoms with Crippen LogP contribution in [0.4, 0.5) is 28.4 Å². The fourth-order valence-electron chi connectivity index (χ4n) is 2.50. The Labute approximate surface area is 141 Å². The number of benzene rings is 1. The van der Waals surface area contributed by atoms with Crippen LogP contribution in [0.5, 0.6) is 0 Å². The summed E-state index contributed by atoms with van der Waals surface area (Å²) in [5, 5.41) is 0. The van der Waals surface area contributed by atoms with E-state index >= 15 is 0 Å². The maximum atomic E-state index is 13.0. The Hall–Kier alpha value is -1.85. The first-order valence-electron chi connectivity index (χ1n) is 6.29. The molecule has 2 fully saturated rings. The van der Waals surface area contributed by atoms with Gasteiger partial charge in [-0.05, 0) is 47.7 Å². The Morgan fingerprint density at radius 2 is 1.91 bits per heavy atom. The Kier molecular flexibility index (Phi) is 3.36. The van der Waals surface area contributed by atoms with Crippen molar-refractivity contribution in [3.05, 3.63) is 27.3 Å². The van der Waals surface area contributed by atoms with Gasteiger partial charge in [0.25, 0.3) is 5.91 Å². The zero-order valence-corrected chi connectivity index (χ0v) is 13.6. The number of anilines is 1. The molecule has 2 aliphatic heterocycles. The summed E-state index contributed by atoms with van der Waals surface area (Å²) in [5.41, 5.74) is -2.73. The number of cyclic esters (lactones) is 1. The molecule has 1 aromatic rings. The smallest absolute Gasteiger partial charge is 0.419 e. The molecule has 0 radical (unpaired) electrons. The number of rotatable bonds is 1. The lowest BCUT2D eigenvalue weighted by Crippen LogP contribution is -2.45. The molecular weight excluding hydrogens is 432 g/mol. The molecule has 0 spiro atoms. The highest BCUT2D eigenvalue weighted by Gasteiger charge is 2.63. The van der Waals surface area contributed by atoms with Crippen LogP contribution in [0.2, 0.25) is 0 Å². The first-order chi connectivity index (χ1) is 10.6. The van der Waals surface area contributed by atoms with E-state index in [4.69, 9.17) is 0 Å². The number of amides is 4. The number of halogens is 4. The van der Waals surface area contributed by atoms with Crippen LogP contribution < -0.4 is 4.90 Å². The van der Waals surface area contributed by atoms with Gasteiger partial charge in [0.15, 0.2) is 5.54 Å². The van der Waals surface area contributed by atoms with Crippen LogP contribution in [-0.2, 0) is 15.7 Å². The molecule has 4 amide bonds. The monoisotopic (exact) mass is 440 g/mol. The first kappa shape index (κ1) is 16.0. The van der Waals surface area contributed by atoms with Crippen molar-refractivity contribution in [2.24, 2.45) is 0 Å². The molecule has 2 aliphatic rings. The quantitative estimate of drug-likeness (QED) is 0.498. The maximum absolute atomic E-state index is 13.0. The molecular formula is C13H8F3IN2O4. The fourth-order valence-corrected chi connectivity index (χ4v) is 3.15. The maximum Gasteiger partial charge on any atom is 0.419 e. The number of hydrogen-bond donors (Lipinski definition) is 0. The van der Waals surface area contributed by atoms with E-state index in [1.165, 1.54) is 35.6 Å². The van der Waals surface area contributed by atoms with Crippen LogP contribution in [0.3, 0.4) is 0 Å². The molecule has 0 bridgehead atoms. The van der Waals surface area contributed by atoms with Gasteiger partial charge < -0.3 is 4.74 Å². The standard InChI is InChI=1S/C13H8F3IN2O4/c1-12-5-23-11(22)19(12)10(21)18(9(12)20)6-2-3-8(17)7(4-6)13(14,15)16/h2-4H,5H2,1H3. The summed E-state index contributed by atoms with van der Waals surface area (Å²) in [6, 6.07) is 2.08. The van der Waals surface area contributed by atoms with E-state index < -0.39 is 35.3 Å². The zero-order chi connectivity index (χ0) is 17.2. The van der Waals surface area contributed by atoms with Gasteiger partial charge in [0.05, 0.1) is 11.3 Å². The van der Waals surface area contributed by atoms with Crippen LogP contribution in [0.1, 0.15) is 12.5 Å². The van der Waals surface area contributed by atoms with Crippen LogP contribution in [0.25, 0.3) is 0 Å². The van der Waals surface area contributed by atoms with E-state index in [1.807, 2.05) is 0 Å². The Balaban J connectivity index is 2.09. The molecule has 2 saturated heterocycles. The third-order valence-electron chi connectivity index (χ3n) is 3.71. The summed E-state index contributed by atoms with van der Waals surface area (Å²) in [5.74, 6) is -0.803. The average molecular weight is 440 g/mol. The molecule has 0 aromatic heterocycles. The predicted octanol–water partition coefficient (Wildman–Crippen LogP) is 2.99. The number of urea groups is 1. The summed E-state index contributed by atoms with van der Waals surface area (Å²) in [6.07, 6.45) is -5.62. The molecule has 1 unspecified atom stereocenters. The Bertz CT molecular complexity index is 751.